The van der Waals surface area contributed by atoms with Gasteiger partial charge < -0.3 is 9.84 Å². The number of hydrogen-bond donors (Lipinski definition) is 1. The minimum Gasteiger partial charge on any atom is -0.481 e. The molecule has 128 valence electrons. The van der Waals surface area contributed by atoms with Crippen molar-refractivity contribution in [3.8, 4) is 11.8 Å². The Balaban J connectivity index is 2.52. The molecule has 0 atom stereocenters. The first-order valence-electron chi connectivity index (χ1n) is 6.83. The van der Waals surface area contributed by atoms with E-state index in [4.69, 9.17) is 15.1 Å². The number of carboxylic acid groups (broad SMARTS) is 1. The van der Waals surface area contributed by atoms with Crippen LogP contribution in [0, 0.1) is 11.3 Å². The van der Waals surface area contributed by atoms with Crippen LogP contribution in [0.1, 0.15) is 27.0 Å². The average molecular weight is 349 g/mol. The number of halogens is 3. The second-order valence-electron chi connectivity index (χ2n) is 4.91. The van der Waals surface area contributed by atoms with Crippen molar-refractivity contribution in [1.82, 2.24) is 0 Å². The van der Waals surface area contributed by atoms with Gasteiger partial charge in [-0.2, -0.15) is 18.4 Å². The number of carbonyl (C=O) groups is 2. The quantitative estimate of drug-likeness (QED) is 0.837. The molecular weight excluding hydrogens is 339 g/mol. The maximum Gasteiger partial charge on any atom is 0.416 e. The lowest BCUT2D eigenvalue weighted by Gasteiger charge is -2.13. The number of carboxylic acids is 1. The lowest BCUT2D eigenvalue weighted by atomic mass is 9.99. The van der Waals surface area contributed by atoms with E-state index in [0.717, 1.165) is 6.07 Å². The molecule has 0 aliphatic heterocycles. The van der Waals surface area contributed by atoms with Crippen LogP contribution in [-0.4, -0.2) is 23.5 Å². The van der Waals surface area contributed by atoms with Crippen molar-refractivity contribution < 1.29 is 32.6 Å². The fourth-order valence-electron chi connectivity index (χ4n) is 2.03. The van der Waals surface area contributed by atoms with Crippen molar-refractivity contribution in [2.75, 3.05) is 6.61 Å². The Bertz CT molecular complexity index is 869. The Kier molecular flexibility index (Phi) is 5.08. The number of ketones is 1. The van der Waals surface area contributed by atoms with Gasteiger partial charge in [0, 0.05) is 5.56 Å². The molecule has 8 heteroatoms. The first kappa shape index (κ1) is 18.0. The van der Waals surface area contributed by atoms with Crippen molar-refractivity contribution >= 4 is 11.8 Å². The van der Waals surface area contributed by atoms with Gasteiger partial charge in [-0.05, 0) is 30.3 Å². The molecular formula is C17H10F3NO4. The van der Waals surface area contributed by atoms with E-state index in [1.165, 1.54) is 24.3 Å². The number of ether oxygens (including phenoxy) is 1. The van der Waals surface area contributed by atoms with Gasteiger partial charge in [0.15, 0.2) is 12.4 Å². The minimum atomic E-state index is -4.69. The zero-order valence-electron chi connectivity index (χ0n) is 12.5. The number of carbonyl (C=O) groups excluding carboxylic acids is 1. The van der Waals surface area contributed by atoms with Crippen LogP contribution in [0.25, 0.3) is 0 Å². The van der Waals surface area contributed by atoms with Gasteiger partial charge in [0.25, 0.3) is 0 Å². The average Bonchev–Trinajstić information content (AvgIpc) is 2.58. The van der Waals surface area contributed by atoms with Crippen molar-refractivity contribution in [3.05, 3.63) is 64.7 Å². The first-order valence-corrected chi connectivity index (χ1v) is 6.83. The van der Waals surface area contributed by atoms with Gasteiger partial charge in [-0.3, -0.25) is 4.79 Å². The van der Waals surface area contributed by atoms with Crippen molar-refractivity contribution in [3.63, 3.8) is 0 Å². The Hall–Kier alpha value is -3.34. The molecule has 0 heterocycles. The Labute approximate surface area is 139 Å². The highest BCUT2D eigenvalue weighted by atomic mass is 19.4. The molecule has 0 radical (unpaired) electrons. The van der Waals surface area contributed by atoms with Crippen LogP contribution >= 0.6 is 0 Å². The van der Waals surface area contributed by atoms with E-state index in [1.54, 1.807) is 0 Å². The lowest BCUT2D eigenvalue weighted by Crippen LogP contribution is -2.14. The van der Waals surface area contributed by atoms with Crippen LogP contribution in [0.3, 0.4) is 0 Å². The third-order valence-corrected chi connectivity index (χ3v) is 3.16. The van der Waals surface area contributed by atoms with E-state index >= 15 is 0 Å². The van der Waals surface area contributed by atoms with Crippen molar-refractivity contribution in [2.24, 2.45) is 0 Å². The second-order valence-corrected chi connectivity index (χ2v) is 4.91. The Morgan fingerprint density at radius 2 is 1.88 bits per heavy atom. The maximum absolute atomic E-state index is 12.9. The van der Waals surface area contributed by atoms with Crippen molar-refractivity contribution in [1.29, 1.82) is 5.26 Å². The van der Waals surface area contributed by atoms with Crippen LogP contribution in [0.2, 0.25) is 0 Å². The molecule has 2 aromatic rings. The molecule has 5 nitrogen and oxygen atoms in total. The Morgan fingerprint density at radius 1 is 1.16 bits per heavy atom. The number of aliphatic carboxylic acids is 1. The van der Waals surface area contributed by atoms with E-state index in [1.807, 2.05) is 6.07 Å². The smallest absolute Gasteiger partial charge is 0.416 e. The summed E-state index contributed by atoms with van der Waals surface area (Å²) in [7, 11) is 0. The number of nitriles is 1. The summed E-state index contributed by atoms with van der Waals surface area (Å²) in [6.07, 6.45) is -4.69. The molecule has 0 aliphatic rings. The third kappa shape index (κ3) is 4.35. The zero-order valence-corrected chi connectivity index (χ0v) is 12.5. The molecule has 0 saturated heterocycles. The predicted molar refractivity (Wildman–Crippen MR) is 79.2 cm³/mol. The zero-order chi connectivity index (χ0) is 18.6. The molecule has 0 saturated carbocycles. The highest BCUT2D eigenvalue weighted by molar-refractivity contribution is 6.11. The van der Waals surface area contributed by atoms with Crippen LogP contribution in [0.5, 0.6) is 5.75 Å². The molecule has 0 aliphatic carbocycles. The molecule has 0 amide bonds. The summed E-state index contributed by atoms with van der Waals surface area (Å²) in [5.41, 5.74) is -1.37. The summed E-state index contributed by atoms with van der Waals surface area (Å²) in [4.78, 5) is 23.2. The predicted octanol–water partition coefficient (Wildman–Crippen LogP) is 3.27. The summed E-state index contributed by atoms with van der Waals surface area (Å²) in [5.74, 6) is -2.45. The normalized spacial score (nSPS) is 10.8. The van der Waals surface area contributed by atoms with E-state index in [0.29, 0.717) is 12.1 Å². The van der Waals surface area contributed by atoms with E-state index in [9.17, 15) is 22.8 Å². The number of hydrogen-bond acceptors (Lipinski definition) is 4. The summed E-state index contributed by atoms with van der Waals surface area (Å²) >= 11 is 0. The largest absolute Gasteiger partial charge is 0.481 e. The van der Waals surface area contributed by atoms with Gasteiger partial charge >= 0.3 is 12.1 Å². The number of rotatable bonds is 5. The summed E-state index contributed by atoms with van der Waals surface area (Å²) in [6.45, 7) is -0.816. The fraction of sp³-hybridized carbons (Fsp3) is 0.118. The van der Waals surface area contributed by atoms with Crippen LogP contribution < -0.4 is 4.74 Å². The lowest BCUT2D eigenvalue weighted by molar-refractivity contribution is -0.140. The van der Waals surface area contributed by atoms with Crippen LogP contribution in [0.15, 0.2) is 42.5 Å². The molecule has 0 fully saturated rings. The van der Waals surface area contributed by atoms with Gasteiger partial charge in [0.1, 0.15) is 5.75 Å². The van der Waals surface area contributed by atoms with Gasteiger partial charge in [-0.15, -0.1) is 0 Å². The third-order valence-electron chi connectivity index (χ3n) is 3.16. The van der Waals surface area contributed by atoms with Gasteiger partial charge in [-0.25, -0.2) is 4.79 Å². The molecule has 1 N–H and O–H groups in total. The van der Waals surface area contributed by atoms with Gasteiger partial charge in [0.05, 0.1) is 22.8 Å². The maximum atomic E-state index is 12.9. The van der Waals surface area contributed by atoms with Crippen molar-refractivity contribution in [2.45, 2.75) is 6.18 Å². The highest BCUT2D eigenvalue weighted by Gasteiger charge is 2.32. The summed E-state index contributed by atoms with van der Waals surface area (Å²) < 4.78 is 43.6. The summed E-state index contributed by atoms with van der Waals surface area (Å²) in [5, 5.41) is 17.5. The standard InChI is InChI=1S/C17H10F3NO4/c18-17(19,20)12-4-5-14(25-9-15(22)23)13(7-12)16(24)11-3-1-2-10(6-11)8-21/h1-7H,9H2,(H,22,23). The number of benzene rings is 2. The highest BCUT2D eigenvalue weighted by Crippen LogP contribution is 2.33. The second kappa shape index (κ2) is 7.05. The summed E-state index contributed by atoms with van der Waals surface area (Å²) in [6, 6.07) is 9.42. The molecule has 2 rings (SSSR count). The topological polar surface area (TPSA) is 87.4 Å². The van der Waals surface area contributed by atoms with Gasteiger partial charge in [-0.1, -0.05) is 12.1 Å². The fourth-order valence-corrected chi connectivity index (χ4v) is 2.03. The molecule has 0 aromatic heterocycles. The molecule has 25 heavy (non-hydrogen) atoms. The van der Waals surface area contributed by atoms with Crippen LogP contribution in [0.4, 0.5) is 13.2 Å². The molecule has 0 bridgehead atoms. The van der Waals surface area contributed by atoms with E-state index in [-0.39, 0.29) is 16.9 Å². The Morgan fingerprint density at radius 3 is 2.48 bits per heavy atom. The van der Waals surface area contributed by atoms with E-state index < -0.39 is 35.7 Å². The van der Waals surface area contributed by atoms with E-state index in [2.05, 4.69) is 0 Å². The first-order chi connectivity index (χ1) is 11.7. The monoisotopic (exact) mass is 349 g/mol. The minimum absolute atomic E-state index is 0.0152. The molecule has 2 aromatic carbocycles. The number of alkyl halides is 3. The number of nitrogens with zero attached hydrogens (tertiary/aromatic N) is 1. The molecule has 0 unspecified atom stereocenters. The molecule has 0 spiro atoms. The SMILES string of the molecule is N#Cc1cccc(C(=O)c2cc(C(F)(F)F)ccc2OCC(=O)O)c1. The van der Waals surface area contributed by atoms with Crippen LogP contribution in [-0.2, 0) is 11.0 Å². The van der Waals surface area contributed by atoms with Gasteiger partial charge in [0.2, 0.25) is 0 Å².